The number of hydrogen-bond acceptors (Lipinski definition) is 6. The van der Waals surface area contributed by atoms with Gasteiger partial charge < -0.3 is 9.47 Å². The largest absolute Gasteiger partial charge is 0.456 e. The number of esters is 2. The lowest BCUT2D eigenvalue weighted by Gasteiger charge is -2.36. The van der Waals surface area contributed by atoms with E-state index in [2.05, 4.69) is 6.92 Å². The van der Waals surface area contributed by atoms with Crippen molar-refractivity contribution in [3.05, 3.63) is 12.2 Å². The van der Waals surface area contributed by atoms with Crippen LogP contribution in [0, 0.1) is 53.3 Å². The van der Waals surface area contributed by atoms with Crippen LogP contribution >= 0.6 is 0 Å². The van der Waals surface area contributed by atoms with Crippen molar-refractivity contribution in [3.8, 4) is 0 Å². The summed E-state index contributed by atoms with van der Waals surface area (Å²) in [5.74, 6) is -1.08. The van der Waals surface area contributed by atoms with Crippen molar-refractivity contribution >= 4 is 23.5 Å². The van der Waals surface area contributed by atoms with E-state index in [1.165, 1.54) is 6.42 Å². The normalized spacial score (nSPS) is 49.2. The number of ketones is 2. The van der Waals surface area contributed by atoms with Crippen molar-refractivity contribution in [1.82, 2.24) is 0 Å². The molecule has 0 N–H and O–H groups in total. The van der Waals surface area contributed by atoms with Gasteiger partial charge in [-0.05, 0) is 62.2 Å². The Morgan fingerprint density at radius 1 is 1.07 bits per heavy atom. The highest BCUT2D eigenvalue weighted by Gasteiger charge is 2.69. The molecule has 6 rings (SSSR count). The Balaban J connectivity index is 1.09. The van der Waals surface area contributed by atoms with Crippen molar-refractivity contribution in [3.63, 3.8) is 0 Å². The van der Waals surface area contributed by atoms with Gasteiger partial charge >= 0.3 is 11.9 Å². The lowest BCUT2D eigenvalue weighted by molar-refractivity contribution is -0.177. The van der Waals surface area contributed by atoms with Crippen LogP contribution < -0.4 is 0 Å². The summed E-state index contributed by atoms with van der Waals surface area (Å²) < 4.78 is 11.2. The minimum Gasteiger partial charge on any atom is -0.456 e. The third kappa shape index (κ3) is 2.31. The van der Waals surface area contributed by atoms with Crippen molar-refractivity contribution in [2.75, 3.05) is 6.61 Å². The maximum Gasteiger partial charge on any atom is 0.344 e. The first-order valence-corrected chi connectivity index (χ1v) is 11.6. The first kappa shape index (κ1) is 18.8. The van der Waals surface area contributed by atoms with E-state index in [4.69, 9.17) is 9.47 Å². The number of ether oxygens (including phenoxy) is 2. The quantitative estimate of drug-likeness (QED) is 0.392. The number of hydrogen-bond donors (Lipinski definition) is 0. The minimum absolute atomic E-state index is 0.0550. The minimum atomic E-state index is -0.528. The second kappa shape index (κ2) is 6.27. The standard InChI is InChI=1S/C24H28O6/c1-2-24(9-11-3-4-12(24)7-11)30-17(25)10-29-23(28)16-8-15-18-13-5-6-14(21(13)26)19(18)20(16)22(15)27/h5-6,11-16,18-20H,2-4,7-10H2,1H3. The van der Waals surface area contributed by atoms with E-state index in [1.807, 2.05) is 12.2 Å². The van der Waals surface area contributed by atoms with Gasteiger partial charge in [-0.15, -0.1) is 0 Å². The summed E-state index contributed by atoms with van der Waals surface area (Å²) in [5, 5.41) is 0. The van der Waals surface area contributed by atoms with Gasteiger partial charge in [-0.3, -0.25) is 14.4 Å². The molecule has 0 aromatic heterocycles. The number of rotatable bonds is 5. The fourth-order valence-corrected chi connectivity index (χ4v) is 8.29. The summed E-state index contributed by atoms with van der Waals surface area (Å²) in [6.45, 7) is 1.67. The second-order valence-electron chi connectivity index (χ2n) is 10.5. The third-order valence-corrected chi connectivity index (χ3v) is 9.44. The van der Waals surface area contributed by atoms with E-state index in [9.17, 15) is 19.2 Å². The smallest absolute Gasteiger partial charge is 0.344 e. The van der Waals surface area contributed by atoms with Gasteiger partial charge in [-0.2, -0.15) is 0 Å². The maximum atomic E-state index is 12.8. The van der Waals surface area contributed by atoms with E-state index >= 15 is 0 Å². The fourth-order valence-electron chi connectivity index (χ4n) is 8.29. The highest BCUT2D eigenvalue weighted by Crippen LogP contribution is 2.64. The third-order valence-electron chi connectivity index (χ3n) is 9.44. The van der Waals surface area contributed by atoms with Crippen LogP contribution in [0.3, 0.4) is 0 Å². The summed E-state index contributed by atoms with van der Waals surface area (Å²) >= 11 is 0. The van der Waals surface area contributed by atoms with Gasteiger partial charge in [0, 0.05) is 23.7 Å². The molecule has 30 heavy (non-hydrogen) atoms. The first-order valence-electron chi connectivity index (χ1n) is 11.6. The molecule has 6 nitrogen and oxygen atoms in total. The zero-order valence-corrected chi connectivity index (χ0v) is 17.3. The van der Waals surface area contributed by atoms with Gasteiger partial charge in [0.05, 0.1) is 5.92 Å². The number of carbonyl (C=O) groups excluding carboxylic acids is 4. The average Bonchev–Trinajstić information content (AvgIpc) is 3.57. The van der Waals surface area contributed by atoms with Crippen LogP contribution in [0.4, 0.5) is 0 Å². The zero-order chi connectivity index (χ0) is 20.8. The molecule has 10 atom stereocenters. The van der Waals surface area contributed by atoms with Gasteiger partial charge in [-0.25, -0.2) is 4.79 Å². The molecular weight excluding hydrogens is 384 g/mol. The number of fused-ring (bicyclic) bond motifs is 11. The summed E-state index contributed by atoms with van der Waals surface area (Å²) in [6.07, 6.45) is 9.49. The second-order valence-corrected chi connectivity index (χ2v) is 10.5. The van der Waals surface area contributed by atoms with Crippen LogP contribution in [-0.4, -0.2) is 35.7 Å². The van der Waals surface area contributed by atoms with E-state index in [0.29, 0.717) is 18.3 Å². The lowest BCUT2D eigenvalue weighted by Crippen LogP contribution is -2.41. The van der Waals surface area contributed by atoms with Gasteiger partial charge in [0.15, 0.2) is 6.61 Å². The van der Waals surface area contributed by atoms with Crippen LogP contribution in [0.25, 0.3) is 0 Å². The van der Waals surface area contributed by atoms with Gasteiger partial charge in [0.1, 0.15) is 17.2 Å². The van der Waals surface area contributed by atoms with E-state index in [1.54, 1.807) is 0 Å². The molecule has 0 spiro atoms. The lowest BCUT2D eigenvalue weighted by atomic mass is 9.69. The highest BCUT2D eigenvalue weighted by molar-refractivity contribution is 6.01. The Morgan fingerprint density at radius 2 is 1.83 bits per heavy atom. The predicted octanol–water partition coefficient (Wildman–Crippen LogP) is 2.49. The zero-order valence-electron chi connectivity index (χ0n) is 17.3. The number of carbonyl (C=O) groups is 4. The fraction of sp³-hybridized carbons (Fsp3) is 0.750. The van der Waals surface area contributed by atoms with Crippen LogP contribution in [0.5, 0.6) is 0 Å². The SMILES string of the molecule is CCC1(OC(=O)COC(=O)C2CC3C(=O)C2C2C4C=CC(C4=O)C32)CC2CCC1C2. The topological polar surface area (TPSA) is 86.7 Å². The molecule has 6 heteroatoms. The Hall–Kier alpha value is -1.98. The van der Waals surface area contributed by atoms with Crippen molar-refractivity contribution < 1.29 is 28.7 Å². The molecule has 0 radical (unpaired) electrons. The van der Waals surface area contributed by atoms with E-state index in [0.717, 1.165) is 25.7 Å². The highest BCUT2D eigenvalue weighted by atomic mass is 16.6. The molecule has 5 fully saturated rings. The van der Waals surface area contributed by atoms with Gasteiger partial charge in [-0.1, -0.05) is 19.1 Å². The molecule has 6 aliphatic carbocycles. The molecular formula is C24H28O6. The molecule has 6 aliphatic rings. The Morgan fingerprint density at radius 3 is 2.50 bits per heavy atom. The van der Waals surface area contributed by atoms with E-state index < -0.39 is 29.4 Å². The van der Waals surface area contributed by atoms with Crippen molar-refractivity contribution in [2.24, 2.45) is 53.3 Å². The molecule has 0 saturated heterocycles. The Labute approximate surface area is 175 Å². The molecule has 0 heterocycles. The van der Waals surface area contributed by atoms with Crippen LogP contribution in [0.1, 0.15) is 45.4 Å². The van der Waals surface area contributed by atoms with Crippen LogP contribution in [0.15, 0.2) is 12.2 Å². The molecule has 0 amide bonds. The van der Waals surface area contributed by atoms with Crippen LogP contribution in [-0.2, 0) is 28.7 Å². The summed E-state index contributed by atoms with van der Waals surface area (Å²) in [7, 11) is 0. The first-order chi connectivity index (χ1) is 14.4. The maximum absolute atomic E-state index is 12.8. The molecule has 0 aromatic rings. The molecule has 10 unspecified atom stereocenters. The van der Waals surface area contributed by atoms with Gasteiger partial charge in [0.2, 0.25) is 0 Å². The number of allylic oxidation sites excluding steroid dienone is 2. The molecule has 160 valence electrons. The average molecular weight is 412 g/mol. The summed E-state index contributed by atoms with van der Waals surface area (Å²) in [4.78, 5) is 50.5. The predicted molar refractivity (Wildman–Crippen MR) is 104 cm³/mol. The molecule has 0 aliphatic heterocycles. The van der Waals surface area contributed by atoms with Crippen molar-refractivity contribution in [1.29, 1.82) is 0 Å². The Bertz CT molecular complexity index is 875. The summed E-state index contributed by atoms with van der Waals surface area (Å²) in [5.41, 5.74) is -0.391. The molecule has 6 bridgehead atoms. The van der Waals surface area contributed by atoms with Crippen molar-refractivity contribution in [2.45, 2.75) is 51.0 Å². The summed E-state index contributed by atoms with van der Waals surface area (Å²) in [6, 6.07) is 0. The van der Waals surface area contributed by atoms with Gasteiger partial charge in [0.25, 0.3) is 0 Å². The number of Topliss-reactive ketones (excluding diaryl/α,β-unsaturated/α-hetero) is 2. The molecule has 5 saturated carbocycles. The van der Waals surface area contributed by atoms with Crippen LogP contribution in [0.2, 0.25) is 0 Å². The van der Waals surface area contributed by atoms with E-state index in [-0.39, 0.29) is 47.8 Å². The Kier molecular flexibility index (Phi) is 3.92. The monoisotopic (exact) mass is 412 g/mol. The molecule has 0 aromatic carbocycles.